The van der Waals surface area contributed by atoms with Gasteiger partial charge < -0.3 is 69.7 Å². The van der Waals surface area contributed by atoms with Crippen molar-refractivity contribution in [1.82, 2.24) is 21.3 Å². The first kappa shape index (κ1) is 85.8. The van der Waals surface area contributed by atoms with Crippen molar-refractivity contribution in [1.29, 1.82) is 0 Å². The molecule has 2 aliphatic rings. The Morgan fingerprint density at radius 1 is 0.409 bits per heavy atom. The van der Waals surface area contributed by atoms with Crippen molar-refractivity contribution >= 4 is 43.4 Å². The molecule has 0 aromatic rings. The number of rotatable bonds is 60. The molecule has 0 unspecified atom stereocenters. The number of ether oxygens (including phenoxy) is 6. The summed E-state index contributed by atoms with van der Waals surface area (Å²) in [5.74, 6) is -3.03. The monoisotopic (exact) mass is 1350 g/mol. The average Bonchev–Trinajstić information content (AvgIpc) is 0.802. The van der Waals surface area contributed by atoms with Crippen LogP contribution >= 0.6 is 7.82 Å². The van der Waals surface area contributed by atoms with E-state index in [9.17, 15) is 53.3 Å². The Bertz CT molecular complexity index is 1990. The van der Waals surface area contributed by atoms with E-state index in [1.54, 1.807) is 6.92 Å². The molecule has 93 heavy (non-hydrogen) atoms. The van der Waals surface area contributed by atoms with E-state index >= 15 is 0 Å². The second kappa shape index (κ2) is 55.7. The Kier molecular flexibility index (Phi) is 51.3. The number of nitrogens with one attached hydrogen (secondary N) is 4. The maximum absolute atomic E-state index is 14.0. The van der Waals surface area contributed by atoms with E-state index in [0.717, 1.165) is 116 Å². The Morgan fingerprint density at radius 2 is 0.763 bits per heavy atom. The summed E-state index contributed by atoms with van der Waals surface area (Å²) < 4.78 is 54.7. The first-order chi connectivity index (χ1) is 45.0. The number of phosphoric acid groups is 1. The molecule has 23 heteroatoms. The van der Waals surface area contributed by atoms with Gasteiger partial charge in [0.1, 0.15) is 43.0 Å². The zero-order valence-corrected chi connectivity index (χ0v) is 59.3. The summed E-state index contributed by atoms with van der Waals surface area (Å²) in [5.41, 5.74) is 0. The largest absolute Gasteiger partial charge is 0.470 e. The summed E-state index contributed by atoms with van der Waals surface area (Å²) in [7, 11) is -5.44. The van der Waals surface area contributed by atoms with Crippen LogP contribution in [0.5, 0.6) is 0 Å². The number of hydrogen-bond acceptors (Lipinski definition) is 16. The molecule has 10 atom stereocenters. The third-order valence-corrected chi connectivity index (χ3v) is 18.1. The maximum Gasteiger partial charge on any atom is 0.470 e. The number of amides is 4. The van der Waals surface area contributed by atoms with Crippen molar-refractivity contribution in [3.63, 3.8) is 0 Å². The predicted octanol–water partition coefficient (Wildman–Crippen LogP) is 12.6. The molecule has 0 aromatic carbocycles. The van der Waals surface area contributed by atoms with Crippen molar-refractivity contribution < 1.29 is 86.3 Å². The molecule has 2 aliphatic heterocycles. The molecule has 2 rings (SSSR count). The molecule has 2 saturated heterocycles. The molecule has 2 fully saturated rings. The highest BCUT2D eigenvalue weighted by Crippen LogP contribution is 2.42. The van der Waals surface area contributed by atoms with Gasteiger partial charge in [0.2, 0.25) is 23.6 Å². The van der Waals surface area contributed by atoms with Crippen LogP contribution in [0.2, 0.25) is 0 Å². The highest BCUT2D eigenvalue weighted by Gasteiger charge is 2.54. The van der Waals surface area contributed by atoms with Gasteiger partial charge in [-0.05, 0) is 45.4 Å². The lowest BCUT2D eigenvalue weighted by Crippen LogP contribution is -2.68. The Hall–Kier alpha value is -3.31. The van der Waals surface area contributed by atoms with Gasteiger partial charge in [-0.25, -0.2) is 4.57 Å². The van der Waals surface area contributed by atoms with E-state index in [2.05, 4.69) is 49.0 Å². The summed E-state index contributed by atoms with van der Waals surface area (Å²) in [5, 5.41) is 34.2. The van der Waals surface area contributed by atoms with Gasteiger partial charge in [0.25, 0.3) is 0 Å². The fraction of sp³-hybridized carbons (Fsp3) is 0.914. The van der Waals surface area contributed by atoms with Gasteiger partial charge in [-0.2, -0.15) is 0 Å². The minimum atomic E-state index is -5.44. The molecule has 0 aromatic heterocycles. The van der Waals surface area contributed by atoms with Crippen molar-refractivity contribution in [2.45, 2.75) is 378 Å². The molecule has 22 nitrogen and oxygen atoms in total. The van der Waals surface area contributed by atoms with Crippen LogP contribution in [-0.4, -0.2) is 150 Å². The van der Waals surface area contributed by atoms with Crippen LogP contribution in [0.4, 0.5) is 0 Å². The van der Waals surface area contributed by atoms with Crippen molar-refractivity contribution in [2.24, 2.45) is 0 Å². The number of phosphoric ester groups is 1. The number of aliphatic hydroxyl groups excluding tert-OH is 2. The van der Waals surface area contributed by atoms with E-state index in [1.165, 1.54) is 96.3 Å². The van der Waals surface area contributed by atoms with Crippen molar-refractivity contribution in [3.8, 4) is 0 Å². The minimum Gasteiger partial charge on any atom is -0.457 e. The van der Waals surface area contributed by atoms with Crippen LogP contribution < -0.4 is 21.3 Å². The minimum absolute atomic E-state index is 0.000621. The molecule has 2 heterocycles. The zero-order valence-electron chi connectivity index (χ0n) is 58.4. The summed E-state index contributed by atoms with van der Waals surface area (Å²) in [6, 6.07) is -2.79. The van der Waals surface area contributed by atoms with E-state index in [0.29, 0.717) is 51.5 Å². The predicted molar refractivity (Wildman–Crippen MR) is 360 cm³/mol. The van der Waals surface area contributed by atoms with Gasteiger partial charge in [0.05, 0.1) is 13.2 Å². The van der Waals surface area contributed by atoms with E-state index < -0.39 is 119 Å². The number of carbonyl (C=O) groups excluding carboxylic acids is 6. The lowest BCUT2D eigenvalue weighted by molar-refractivity contribution is -0.304. The van der Waals surface area contributed by atoms with E-state index in [-0.39, 0.29) is 38.2 Å². The SMILES string of the molecule is CCCCCCCCCCCCCC(=O)N[C@H]1[C@H](OC[C@H]2O[C@H](OCC)[C@H](NC(=O)CCCCCNC(=O)CCCCCCC)[C@@H](OC(=O)CCCCCCCCCCCCC)[C@@H]2O)O[C@H](CO)[C@@H](OP(=O)(O)O)[C@@H]1OC(=O)CNC(=O)CCCCCCCCCCC. The molecule has 8 N–H and O–H groups in total. The third-order valence-electron chi connectivity index (χ3n) is 17.5. The molecule has 4 amide bonds. The van der Waals surface area contributed by atoms with Gasteiger partial charge in [0, 0.05) is 45.3 Å². The highest BCUT2D eigenvalue weighted by atomic mass is 31.2. The molecule has 0 bridgehead atoms. The van der Waals surface area contributed by atoms with Gasteiger partial charge >= 0.3 is 19.8 Å². The lowest BCUT2D eigenvalue weighted by atomic mass is 9.95. The number of esters is 2. The van der Waals surface area contributed by atoms with E-state index in [4.69, 9.17) is 32.9 Å². The normalized spacial score (nSPS) is 21.5. The molecule has 0 saturated carbocycles. The topological polar surface area (TPSA) is 313 Å². The fourth-order valence-corrected chi connectivity index (χ4v) is 12.6. The van der Waals surface area contributed by atoms with Crippen molar-refractivity contribution in [3.05, 3.63) is 0 Å². The molecule has 544 valence electrons. The highest BCUT2D eigenvalue weighted by molar-refractivity contribution is 7.46. The molecule has 0 radical (unpaired) electrons. The second-order valence-electron chi connectivity index (χ2n) is 26.0. The van der Waals surface area contributed by atoms with Gasteiger partial charge in [-0.15, -0.1) is 0 Å². The zero-order chi connectivity index (χ0) is 68.2. The Balaban J connectivity index is 2.40. The smallest absolute Gasteiger partial charge is 0.457 e. The lowest BCUT2D eigenvalue weighted by Gasteiger charge is -2.47. The maximum atomic E-state index is 14.0. The van der Waals surface area contributed by atoms with Gasteiger partial charge in [-0.3, -0.25) is 33.3 Å². The van der Waals surface area contributed by atoms with Gasteiger partial charge in [0.15, 0.2) is 24.8 Å². The standard InChI is InChI=1S/C70H131N4O18P/c1-6-11-15-19-22-25-27-30-33-37-42-48-60(79)74-64-68(91-62(81)52-72-58(77)47-41-36-32-29-24-21-17-13-8-3)66(92-93(83,84)85)55(53-75)88-70(64)87-54-56-65(82)67(90-61(80)50-44-38-34-31-28-26-23-20-16-12-7-2)63(69(89-56)86-10-5)73-59(78)49-43-39-45-51-71-57(76)46-40-35-18-14-9-4/h55-56,63-70,75,82H,6-54H2,1-5H3,(H,71,76)(H,72,77)(H,73,78)(H,74,79)(H2,83,84,85)/t55-,56-,63-,64-,65-,66-,67-,68-,69+,70-/m1/s1. The first-order valence-corrected chi connectivity index (χ1v) is 38.6. The third kappa shape index (κ3) is 42.2. The summed E-state index contributed by atoms with van der Waals surface area (Å²) in [6.07, 6.45) is 27.5. The quantitative estimate of drug-likeness (QED) is 0.0159. The van der Waals surface area contributed by atoms with Gasteiger partial charge in [-0.1, -0.05) is 240 Å². The summed E-state index contributed by atoms with van der Waals surface area (Å²) in [4.78, 5) is 101. The number of unbranched alkanes of at least 4 members (excludes halogenated alkanes) is 34. The van der Waals surface area contributed by atoms with Crippen LogP contribution in [-0.2, 0) is 66.3 Å². The number of hydrogen-bond donors (Lipinski definition) is 8. The van der Waals surface area contributed by atoms with Crippen LogP contribution in [0.1, 0.15) is 317 Å². The Labute approximate surface area is 560 Å². The van der Waals surface area contributed by atoms with Crippen molar-refractivity contribution in [2.75, 3.05) is 32.9 Å². The fourth-order valence-electron chi connectivity index (χ4n) is 12.1. The van der Waals surface area contributed by atoms with Crippen LogP contribution in [0, 0.1) is 0 Å². The van der Waals surface area contributed by atoms with E-state index in [1.807, 2.05) is 0 Å². The molecular weight excluding hydrogens is 1220 g/mol. The van der Waals surface area contributed by atoms with Crippen LogP contribution in [0.15, 0.2) is 0 Å². The Morgan fingerprint density at radius 3 is 1.18 bits per heavy atom. The summed E-state index contributed by atoms with van der Waals surface area (Å²) >= 11 is 0. The molecule has 0 spiro atoms. The van der Waals surface area contributed by atoms with Crippen LogP contribution in [0.25, 0.3) is 0 Å². The number of carbonyl (C=O) groups is 6. The summed E-state index contributed by atoms with van der Waals surface area (Å²) in [6.45, 7) is 8.78. The van der Waals surface area contributed by atoms with Crippen LogP contribution in [0.3, 0.4) is 0 Å². The number of aliphatic hydroxyl groups is 2. The average molecular weight is 1350 g/mol. The first-order valence-electron chi connectivity index (χ1n) is 37.1. The second-order valence-corrected chi connectivity index (χ2v) is 27.1. The molecular formula is C70H131N4O18P. The molecule has 0 aliphatic carbocycles.